The van der Waals surface area contributed by atoms with Crippen molar-refractivity contribution in [3.05, 3.63) is 52.1 Å². The summed E-state index contributed by atoms with van der Waals surface area (Å²) in [5.74, 6) is 3.86. The third-order valence-corrected chi connectivity index (χ3v) is 6.13. The van der Waals surface area contributed by atoms with Gasteiger partial charge < -0.3 is 15.2 Å². The number of pyridine rings is 1. The first-order valence-corrected chi connectivity index (χ1v) is 10.2. The van der Waals surface area contributed by atoms with E-state index in [1.807, 2.05) is 37.9 Å². The van der Waals surface area contributed by atoms with Crippen molar-refractivity contribution in [1.29, 1.82) is 0 Å². The number of thioether (sulfide) groups is 1. The number of H-pyrrole nitrogens is 1. The molecule has 0 radical (unpaired) electrons. The van der Waals surface area contributed by atoms with Gasteiger partial charge in [0.15, 0.2) is 5.82 Å². The molecule has 2 N–H and O–H groups in total. The molecule has 1 unspecified atom stereocenters. The Balaban J connectivity index is 1.67. The van der Waals surface area contributed by atoms with Crippen LogP contribution in [0.3, 0.4) is 0 Å². The molecular weight excluding hydrogens is 358 g/mol. The molecule has 6 nitrogen and oxygen atoms in total. The number of fused-ring (bicyclic) bond motifs is 1. The molecule has 1 aromatic carbocycles. The van der Waals surface area contributed by atoms with Crippen LogP contribution < -0.4 is 15.8 Å². The van der Waals surface area contributed by atoms with Crippen LogP contribution in [0.4, 0.5) is 17.3 Å². The number of hydrogen-bond donors (Lipinski definition) is 2. The highest BCUT2D eigenvalue weighted by atomic mass is 32.2. The van der Waals surface area contributed by atoms with E-state index in [-0.39, 0.29) is 5.56 Å². The minimum atomic E-state index is -0.0764. The predicted octanol–water partition coefficient (Wildman–Crippen LogP) is 3.62. The molecule has 140 valence electrons. The van der Waals surface area contributed by atoms with E-state index in [0.717, 1.165) is 57.4 Å². The summed E-state index contributed by atoms with van der Waals surface area (Å²) in [6.45, 7) is 7.19. The summed E-state index contributed by atoms with van der Waals surface area (Å²) in [6.07, 6.45) is 3.58. The van der Waals surface area contributed by atoms with E-state index >= 15 is 0 Å². The smallest absolute Gasteiger partial charge is 0.248 e. The second-order valence-corrected chi connectivity index (χ2v) is 8.18. The number of aromatic amines is 1. The van der Waals surface area contributed by atoms with Gasteiger partial charge in [0.25, 0.3) is 0 Å². The molecular formula is C20H23N5OS. The first-order chi connectivity index (χ1) is 13.0. The van der Waals surface area contributed by atoms with Crippen molar-refractivity contribution in [2.45, 2.75) is 26.8 Å². The maximum atomic E-state index is 11.7. The van der Waals surface area contributed by atoms with Crippen LogP contribution >= 0.6 is 11.8 Å². The zero-order valence-corrected chi connectivity index (χ0v) is 16.6. The van der Waals surface area contributed by atoms with Crippen molar-refractivity contribution >= 4 is 40.0 Å². The standard InChI is InChI=1S/C20H23N5OS/c1-12-7-20(26)23-17-6-13(2)16(8-15(12)17)22-18-9-21-10-19(24-18)25-4-5-27-11-14(25)3/h6-10,14H,4-5,11H2,1-3H3,(H,22,24)(H,23,26). The number of nitrogens with one attached hydrogen (secondary N) is 2. The van der Waals surface area contributed by atoms with Gasteiger partial charge in [-0.05, 0) is 44.0 Å². The highest BCUT2D eigenvalue weighted by Gasteiger charge is 2.20. The van der Waals surface area contributed by atoms with Crippen molar-refractivity contribution in [2.75, 3.05) is 28.3 Å². The van der Waals surface area contributed by atoms with Gasteiger partial charge in [-0.15, -0.1) is 0 Å². The van der Waals surface area contributed by atoms with Gasteiger partial charge in [-0.1, -0.05) is 0 Å². The molecule has 0 spiro atoms. The average Bonchev–Trinajstić information content (AvgIpc) is 2.63. The number of nitrogens with zero attached hydrogens (tertiary/aromatic N) is 3. The SMILES string of the molecule is Cc1cc2[nH]c(=O)cc(C)c2cc1Nc1cncc(N2CCSCC2C)n1. The Kier molecular flexibility index (Phi) is 4.78. The molecule has 4 rings (SSSR count). The number of aromatic nitrogens is 3. The molecule has 0 bridgehead atoms. The van der Waals surface area contributed by atoms with E-state index in [1.54, 1.807) is 12.3 Å². The topological polar surface area (TPSA) is 73.9 Å². The van der Waals surface area contributed by atoms with Crippen LogP contribution in [0.1, 0.15) is 18.1 Å². The number of anilines is 3. The Morgan fingerprint density at radius 1 is 1.22 bits per heavy atom. The van der Waals surface area contributed by atoms with E-state index in [4.69, 9.17) is 4.98 Å². The van der Waals surface area contributed by atoms with Gasteiger partial charge in [-0.3, -0.25) is 9.78 Å². The Bertz CT molecular complexity index is 1050. The van der Waals surface area contributed by atoms with Gasteiger partial charge in [-0.2, -0.15) is 11.8 Å². The second-order valence-electron chi connectivity index (χ2n) is 7.03. The third kappa shape index (κ3) is 3.64. The normalized spacial score (nSPS) is 17.3. The highest BCUT2D eigenvalue weighted by Crippen LogP contribution is 2.27. The summed E-state index contributed by atoms with van der Waals surface area (Å²) in [4.78, 5) is 26.1. The van der Waals surface area contributed by atoms with Crippen molar-refractivity contribution < 1.29 is 0 Å². The number of rotatable bonds is 3. The van der Waals surface area contributed by atoms with Gasteiger partial charge in [0.05, 0.1) is 12.4 Å². The van der Waals surface area contributed by atoms with Crippen LogP contribution in [-0.4, -0.2) is 39.0 Å². The first-order valence-electron chi connectivity index (χ1n) is 9.09. The molecule has 0 amide bonds. The molecule has 3 aromatic rings. The Labute approximate surface area is 162 Å². The van der Waals surface area contributed by atoms with E-state index in [2.05, 4.69) is 33.2 Å². The molecule has 1 atom stereocenters. The highest BCUT2D eigenvalue weighted by molar-refractivity contribution is 7.99. The molecule has 2 aromatic heterocycles. The van der Waals surface area contributed by atoms with Gasteiger partial charge in [0.1, 0.15) is 5.82 Å². The van der Waals surface area contributed by atoms with Crippen LogP contribution in [0.25, 0.3) is 10.9 Å². The summed E-state index contributed by atoms with van der Waals surface area (Å²) in [5, 5.41) is 4.42. The van der Waals surface area contributed by atoms with E-state index in [1.165, 1.54) is 0 Å². The van der Waals surface area contributed by atoms with Gasteiger partial charge in [-0.25, -0.2) is 4.98 Å². The second kappa shape index (κ2) is 7.23. The fraction of sp³-hybridized carbons (Fsp3) is 0.350. The Morgan fingerprint density at radius 2 is 2.07 bits per heavy atom. The van der Waals surface area contributed by atoms with Gasteiger partial charge in [0, 0.05) is 46.7 Å². The zero-order chi connectivity index (χ0) is 19.0. The number of aryl methyl sites for hydroxylation is 2. The molecule has 0 saturated carbocycles. The Hall–Kier alpha value is -2.54. The third-order valence-electron chi connectivity index (χ3n) is 4.94. The van der Waals surface area contributed by atoms with Crippen LogP contribution in [0.5, 0.6) is 0 Å². The van der Waals surface area contributed by atoms with Gasteiger partial charge in [0.2, 0.25) is 5.56 Å². The van der Waals surface area contributed by atoms with E-state index in [0.29, 0.717) is 6.04 Å². The van der Waals surface area contributed by atoms with Crippen LogP contribution in [-0.2, 0) is 0 Å². The van der Waals surface area contributed by atoms with Crippen LogP contribution in [0.2, 0.25) is 0 Å². The van der Waals surface area contributed by atoms with Crippen molar-refractivity contribution in [1.82, 2.24) is 15.0 Å². The van der Waals surface area contributed by atoms with Crippen molar-refractivity contribution in [2.24, 2.45) is 0 Å². The lowest BCUT2D eigenvalue weighted by molar-refractivity contribution is 0.688. The molecule has 7 heteroatoms. The number of benzene rings is 1. The van der Waals surface area contributed by atoms with Crippen LogP contribution in [0, 0.1) is 13.8 Å². The van der Waals surface area contributed by atoms with Gasteiger partial charge >= 0.3 is 0 Å². The molecule has 1 aliphatic rings. The lowest BCUT2D eigenvalue weighted by Crippen LogP contribution is -2.41. The summed E-state index contributed by atoms with van der Waals surface area (Å²) in [7, 11) is 0. The predicted molar refractivity (Wildman–Crippen MR) is 113 cm³/mol. The maximum absolute atomic E-state index is 11.7. The zero-order valence-electron chi connectivity index (χ0n) is 15.7. The minimum absolute atomic E-state index is 0.0764. The summed E-state index contributed by atoms with van der Waals surface area (Å²) < 4.78 is 0. The first kappa shape index (κ1) is 17.9. The lowest BCUT2D eigenvalue weighted by Gasteiger charge is -2.33. The van der Waals surface area contributed by atoms with Crippen LogP contribution in [0.15, 0.2) is 35.4 Å². The molecule has 1 fully saturated rings. The number of hydrogen-bond acceptors (Lipinski definition) is 6. The minimum Gasteiger partial charge on any atom is -0.351 e. The monoisotopic (exact) mass is 381 g/mol. The summed E-state index contributed by atoms with van der Waals surface area (Å²) in [6, 6.07) is 6.13. The lowest BCUT2D eigenvalue weighted by atomic mass is 10.1. The molecule has 0 aliphatic carbocycles. The molecule has 27 heavy (non-hydrogen) atoms. The average molecular weight is 382 g/mol. The molecule has 3 heterocycles. The molecule has 1 aliphatic heterocycles. The molecule has 1 saturated heterocycles. The van der Waals surface area contributed by atoms with Crippen molar-refractivity contribution in [3.63, 3.8) is 0 Å². The Morgan fingerprint density at radius 3 is 2.89 bits per heavy atom. The fourth-order valence-electron chi connectivity index (χ4n) is 3.48. The summed E-state index contributed by atoms with van der Waals surface area (Å²) >= 11 is 1.98. The maximum Gasteiger partial charge on any atom is 0.248 e. The summed E-state index contributed by atoms with van der Waals surface area (Å²) in [5.41, 5.74) is 3.73. The largest absolute Gasteiger partial charge is 0.351 e. The van der Waals surface area contributed by atoms with E-state index in [9.17, 15) is 4.79 Å². The quantitative estimate of drug-likeness (QED) is 0.722. The van der Waals surface area contributed by atoms with Crippen molar-refractivity contribution in [3.8, 4) is 0 Å². The van der Waals surface area contributed by atoms with E-state index < -0.39 is 0 Å². The fourth-order valence-corrected chi connectivity index (χ4v) is 4.49.